The van der Waals surface area contributed by atoms with Crippen molar-refractivity contribution in [1.29, 1.82) is 0 Å². The van der Waals surface area contributed by atoms with Gasteiger partial charge in [0.15, 0.2) is 5.13 Å². The van der Waals surface area contributed by atoms with Crippen LogP contribution >= 0.6 is 11.3 Å². The highest BCUT2D eigenvalue weighted by atomic mass is 32.1. The molecule has 3 aromatic rings. The van der Waals surface area contributed by atoms with Gasteiger partial charge >= 0.3 is 0 Å². The summed E-state index contributed by atoms with van der Waals surface area (Å²) in [5.74, 6) is -0.467. The number of halogens is 1. The van der Waals surface area contributed by atoms with Crippen LogP contribution in [0.5, 0.6) is 0 Å². The van der Waals surface area contributed by atoms with Crippen molar-refractivity contribution >= 4 is 34.5 Å². The molecule has 1 unspecified atom stereocenters. The van der Waals surface area contributed by atoms with Crippen molar-refractivity contribution in [3.05, 3.63) is 60.3 Å². The Morgan fingerprint density at radius 1 is 1.44 bits per heavy atom. The summed E-state index contributed by atoms with van der Waals surface area (Å²) in [5.41, 5.74) is 2.67. The van der Waals surface area contributed by atoms with Gasteiger partial charge in [-0.15, -0.1) is 0 Å². The number of hydrogen-bond acceptors (Lipinski definition) is 8. The molecule has 0 saturated carbocycles. The number of carbonyl (C=O) groups excluding carboxylic acids is 1. The van der Waals surface area contributed by atoms with Gasteiger partial charge in [-0.1, -0.05) is 17.9 Å². The maximum Gasteiger partial charge on any atom is 0.239 e. The second-order valence-corrected chi connectivity index (χ2v) is 8.63. The number of nitrogens with zero attached hydrogens (tertiary/aromatic N) is 4. The molecule has 178 valence electrons. The average molecular weight is 484 g/mol. The molecule has 34 heavy (non-hydrogen) atoms. The number of anilines is 1. The van der Waals surface area contributed by atoms with E-state index in [2.05, 4.69) is 37.5 Å². The number of nitrogens with one attached hydrogen (secondary N) is 3. The number of rotatable bonds is 9. The van der Waals surface area contributed by atoms with Crippen LogP contribution in [0.25, 0.3) is 22.7 Å². The summed E-state index contributed by atoms with van der Waals surface area (Å²) in [6.45, 7) is 8.40. The van der Waals surface area contributed by atoms with Crippen LogP contribution in [-0.4, -0.2) is 57.8 Å². The van der Waals surface area contributed by atoms with E-state index in [0.29, 0.717) is 42.9 Å². The van der Waals surface area contributed by atoms with Gasteiger partial charge in [-0.3, -0.25) is 9.78 Å². The molecule has 11 heteroatoms. The summed E-state index contributed by atoms with van der Waals surface area (Å²) in [6.07, 6.45) is 8.49. The standard InChI is InChI=1S/C23H26FN7O2S/c1-3-17-19(31(14-29-17)9-7-27-22(32)18-13-33-10-8-25-18)11-15(2)30-23-28-12-20(34-23)21-16(24)5-4-6-26-21/h3-6,11-12,14,18,25H,1,7-10,13H2,2H3,(H,27,32)(H,28,30)/b15-11+. The van der Waals surface area contributed by atoms with Crippen molar-refractivity contribution in [3.8, 4) is 10.6 Å². The van der Waals surface area contributed by atoms with E-state index in [4.69, 9.17) is 4.74 Å². The van der Waals surface area contributed by atoms with Crippen molar-refractivity contribution in [3.63, 3.8) is 0 Å². The van der Waals surface area contributed by atoms with Gasteiger partial charge in [-0.25, -0.2) is 14.4 Å². The molecule has 0 radical (unpaired) electrons. The fourth-order valence-electron chi connectivity index (χ4n) is 3.47. The predicted octanol–water partition coefficient (Wildman–Crippen LogP) is 2.76. The smallest absolute Gasteiger partial charge is 0.239 e. The molecule has 4 heterocycles. The third-order valence-electron chi connectivity index (χ3n) is 5.15. The van der Waals surface area contributed by atoms with E-state index < -0.39 is 0 Å². The Bertz CT molecular complexity index is 1180. The van der Waals surface area contributed by atoms with Crippen molar-refractivity contribution in [1.82, 2.24) is 30.2 Å². The van der Waals surface area contributed by atoms with E-state index >= 15 is 0 Å². The lowest BCUT2D eigenvalue weighted by molar-refractivity contribution is -0.125. The fourth-order valence-corrected chi connectivity index (χ4v) is 4.35. The highest BCUT2D eigenvalue weighted by Gasteiger charge is 2.20. The van der Waals surface area contributed by atoms with Gasteiger partial charge < -0.3 is 25.3 Å². The average Bonchev–Trinajstić information content (AvgIpc) is 3.46. The zero-order chi connectivity index (χ0) is 23.9. The summed E-state index contributed by atoms with van der Waals surface area (Å²) >= 11 is 1.31. The lowest BCUT2D eigenvalue weighted by atomic mass is 10.2. The molecule has 1 aliphatic heterocycles. The summed E-state index contributed by atoms with van der Waals surface area (Å²) < 4.78 is 21.3. The summed E-state index contributed by atoms with van der Waals surface area (Å²) in [4.78, 5) is 25.8. The number of allylic oxidation sites excluding steroid dienone is 1. The Hall–Kier alpha value is -3.41. The van der Waals surface area contributed by atoms with E-state index in [0.717, 1.165) is 17.1 Å². The number of pyridine rings is 1. The van der Waals surface area contributed by atoms with E-state index in [1.165, 1.54) is 17.4 Å². The van der Waals surface area contributed by atoms with Crippen LogP contribution in [0.15, 0.2) is 43.1 Å². The van der Waals surface area contributed by atoms with E-state index in [-0.39, 0.29) is 23.5 Å². The van der Waals surface area contributed by atoms with E-state index in [1.807, 2.05) is 17.6 Å². The molecule has 1 amide bonds. The highest BCUT2D eigenvalue weighted by molar-refractivity contribution is 7.18. The molecular formula is C23H26FN7O2S. The molecule has 0 bridgehead atoms. The summed E-state index contributed by atoms with van der Waals surface area (Å²) in [7, 11) is 0. The SMILES string of the molecule is C=Cc1ncn(CCNC(=O)C2COCCN2)c1/C=C(\C)Nc1ncc(-c2ncccc2F)s1. The first-order valence-electron chi connectivity index (χ1n) is 10.8. The van der Waals surface area contributed by atoms with Gasteiger partial charge in [0, 0.05) is 37.7 Å². The van der Waals surface area contributed by atoms with E-state index in [1.54, 1.807) is 30.9 Å². The molecule has 0 aromatic carbocycles. The van der Waals surface area contributed by atoms with Gasteiger partial charge in [0.25, 0.3) is 0 Å². The quantitative estimate of drug-likeness (QED) is 0.430. The Kier molecular flexibility index (Phi) is 7.78. The van der Waals surface area contributed by atoms with Crippen molar-refractivity contribution in [2.45, 2.75) is 19.5 Å². The van der Waals surface area contributed by atoms with Crippen molar-refractivity contribution < 1.29 is 13.9 Å². The van der Waals surface area contributed by atoms with Gasteiger partial charge in [0.05, 0.1) is 35.8 Å². The first-order valence-corrected chi connectivity index (χ1v) is 11.6. The molecular weight excluding hydrogens is 457 g/mol. The third-order valence-corrected chi connectivity index (χ3v) is 6.07. The molecule has 1 atom stereocenters. The minimum atomic E-state index is -0.386. The summed E-state index contributed by atoms with van der Waals surface area (Å²) in [6, 6.07) is 2.60. The topological polar surface area (TPSA) is 106 Å². The molecule has 1 saturated heterocycles. The number of morpholine rings is 1. The zero-order valence-corrected chi connectivity index (χ0v) is 19.6. The van der Waals surface area contributed by atoms with Crippen molar-refractivity contribution in [2.24, 2.45) is 0 Å². The number of ether oxygens (including phenoxy) is 1. The van der Waals surface area contributed by atoms with Gasteiger partial charge in [0.2, 0.25) is 5.91 Å². The molecule has 1 fully saturated rings. The predicted molar refractivity (Wildman–Crippen MR) is 131 cm³/mol. The van der Waals surface area contributed by atoms with Crippen LogP contribution in [0.1, 0.15) is 18.3 Å². The normalized spacial score (nSPS) is 16.3. The van der Waals surface area contributed by atoms with Crippen LogP contribution in [0.3, 0.4) is 0 Å². The Labute approximate surface area is 200 Å². The first-order chi connectivity index (χ1) is 16.5. The van der Waals surface area contributed by atoms with Gasteiger partial charge in [-0.05, 0) is 31.2 Å². The lowest BCUT2D eigenvalue weighted by Crippen LogP contribution is -2.51. The molecule has 3 N–H and O–H groups in total. The van der Waals surface area contributed by atoms with Crippen LogP contribution < -0.4 is 16.0 Å². The Morgan fingerprint density at radius 2 is 2.32 bits per heavy atom. The largest absolute Gasteiger partial charge is 0.378 e. The van der Waals surface area contributed by atoms with Crippen LogP contribution in [0.4, 0.5) is 9.52 Å². The molecule has 0 aliphatic carbocycles. The first kappa shape index (κ1) is 23.7. The highest BCUT2D eigenvalue weighted by Crippen LogP contribution is 2.30. The number of aromatic nitrogens is 4. The number of carbonyl (C=O) groups is 1. The molecule has 1 aliphatic rings. The minimum Gasteiger partial charge on any atom is -0.378 e. The second kappa shape index (κ2) is 11.1. The minimum absolute atomic E-state index is 0.0809. The number of hydrogen-bond donors (Lipinski definition) is 3. The van der Waals surface area contributed by atoms with Crippen molar-refractivity contribution in [2.75, 3.05) is 31.6 Å². The molecule has 4 rings (SSSR count). The van der Waals surface area contributed by atoms with E-state index in [9.17, 15) is 9.18 Å². The Morgan fingerprint density at radius 3 is 3.09 bits per heavy atom. The fraction of sp³-hybridized carbons (Fsp3) is 0.304. The van der Waals surface area contributed by atoms with Gasteiger partial charge in [0.1, 0.15) is 17.6 Å². The van der Waals surface area contributed by atoms with Crippen LogP contribution in [-0.2, 0) is 16.1 Å². The van der Waals surface area contributed by atoms with Crippen LogP contribution in [0.2, 0.25) is 0 Å². The maximum absolute atomic E-state index is 14.0. The molecule has 0 spiro atoms. The molecule has 9 nitrogen and oxygen atoms in total. The Balaban J connectivity index is 1.41. The van der Waals surface area contributed by atoms with Gasteiger partial charge in [-0.2, -0.15) is 0 Å². The van der Waals surface area contributed by atoms with Crippen LogP contribution in [0, 0.1) is 5.82 Å². The zero-order valence-electron chi connectivity index (χ0n) is 18.8. The monoisotopic (exact) mass is 483 g/mol. The number of amides is 1. The number of thiazole rings is 1. The third kappa shape index (κ3) is 5.74. The molecule has 3 aromatic heterocycles. The summed E-state index contributed by atoms with van der Waals surface area (Å²) in [5, 5.41) is 9.93. The second-order valence-electron chi connectivity index (χ2n) is 7.60. The number of imidazole rings is 1. The maximum atomic E-state index is 14.0. The lowest BCUT2D eigenvalue weighted by Gasteiger charge is -2.23.